The second-order valence-electron chi connectivity index (χ2n) is 4.77. The number of nitrogens with one attached hydrogen (secondary N) is 1. The second kappa shape index (κ2) is 6.48. The first kappa shape index (κ1) is 16.5. The van der Waals surface area contributed by atoms with Crippen molar-refractivity contribution in [3.8, 4) is 0 Å². The van der Waals surface area contributed by atoms with E-state index in [4.69, 9.17) is 11.6 Å². The molecule has 22 heavy (non-hydrogen) atoms. The number of carbonyl (C=O) groups is 1. The second-order valence-corrected chi connectivity index (χ2v) is 7.36. The Balaban J connectivity index is 2.15. The van der Waals surface area contributed by atoms with Gasteiger partial charge in [0.05, 0.1) is 4.90 Å². The third-order valence-corrected chi connectivity index (χ3v) is 5.08. The quantitative estimate of drug-likeness (QED) is 0.932. The first-order valence-electron chi connectivity index (χ1n) is 6.40. The summed E-state index contributed by atoms with van der Waals surface area (Å²) < 4.78 is 25.0. The van der Waals surface area contributed by atoms with Crippen LogP contribution in [0.3, 0.4) is 0 Å². The lowest BCUT2D eigenvalue weighted by molar-refractivity contribution is 0.102. The Morgan fingerprint density at radius 2 is 1.55 bits per heavy atom. The van der Waals surface area contributed by atoms with Crippen molar-refractivity contribution in [3.05, 3.63) is 59.1 Å². The van der Waals surface area contributed by atoms with Gasteiger partial charge >= 0.3 is 0 Å². The number of rotatable bonds is 4. The number of anilines is 1. The Hall–Kier alpha value is -1.89. The van der Waals surface area contributed by atoms with E-state index in [2.05, 4.69) is 5.32 Å². The molecule has 0 atom stereocenters. The zero-order chi connectivity index (χ0) is 16.3. The van der Waals surface area contributed by atoms with E-state index in [1.165, 1.54) is 26.2 Å². The number of nitrogens with zero attached hydrogens (tertiary/aromatic N) is 1. The number of carbonyl (C=O) groups excluding carboxylic acids is 1. The smallest absolute Gasteiger partial charge is 0.255 e. The van der Waals surface area contributed by atoms with Crippen LogP contribution in [0.15, 0.2) is 53.4 Å². The Kier molecular flexibility index (Phi) is 4.85. The van der Waals surface area contributed by atoms with Crippen molar-refractivity contribution in [2.24, 2.45) is 0 Å². The molecule has 0 aromatic heterocycles. The third-order valence-electron chi connectivity index (χ3n) is 3.00. The van der Waals surface area contributed by atoms with Gasteiger partial charge in [-0.15, -0.1) is 0 Å². The van der Waals surface area contributed by atoms with E-state index in [1.54, 1.807) is 36.4 Å². The van der Waals surface area contributed by atoms with Gasteiger partial charge < -0.3 is 5.32 Å². The van der Waals surface area contributed by atoms with E-state index >= 15 is 0 Å². The average molecular weight is 339 g/mol. The van der Waals surface area contributed by atoms with Crippen LogP contribution in [-0.2, 0) is 10.0 Å². The Bertz CT molecular complexity index is 769. The highest BCUT2D eigenvalue weighted by atomic mass is 35.5. The molecule has 0 aliphatic rings. The zero-order valence-electron chi connectivity index (χ0n) is 12.1. The van der Waals surface area contributed by atoms with Crippen molar-refractivity contribution in [1.29, 1.82) is 0 Å². The van der Waals surface area contributed by atoms with Crippen molar-refractivity contribution in [2.75, 3.05) is 19.4 Å². The maximum Gasteiger partial charge on any atom is 0.255 e. The van der Waals surface area contributed by atoms with Gasteiger partial charge in [0.15, 0.2) is 0 Å². The van der Waals surface area contributed by atoms with Gasteiger partial charge in [0.1, 0.15) is 0 Å². The van der Waals surface area contributed by atoms with Crippen molar-refractivity contribution < 1.29 is 13.2 Å². The van der Waals surface area contributed by atoms with E-state index in [-0.39, 0.29) is 10.8 Å². The molecule has 0 aliphatic carbocycles. The lowest BCUT2D eigenvalue weighted by Gasteiger charge is -2.12. The average Bonchev–Trinajstić information content (AvgIpc) is 2.48. The summed E-state index contributed by atoms with van der Waals surface area (Å²) in [5.41, 5.74) is 0.979. The van der Waals surface area contributed by atoms with Crippen molar-refractivity contribution in [3.63, 3.8) is 0 Å². The zero-order valence-corrected chi connectivity index (χ0v) is 13.6. The molecule has 5 nitrogen and oxygen atoms in total. The first-order valence-corrected chi connectivity index (χ1v) is 8.22. The van der Waals surface area contributed by atoms with E-state index in [0.717, 1.165) is 4.31 Å². The van der Waals surface area contributed by atoms with E-state index < -0.39 is 10.0 Å². The van der Waals surface area contributed by atoms with Gasteiger partial charge in [0.25, 0.3) is 5.91 Å². The number of hydrogen-bond acceptors (Lipinski definition) is 3. The lowest BCUT2D eigenvalue weighted by Crippen LogP contribution is -2.22. The molecule has 0 bridgehead atoms. The SMILES string of the molecule is CN(C)S(=O)(=O)c1ccc(NC(=O)c2ccc(Cl)cc2)cc1. The Morgan fingerprint density at radius 3 is 2.05 bits per heavy atom. The summed E-state index contributed by atoms with van der Waals surface area (Å²) in [6.45, 7) is 0. The highest BCUT2D eigenvalue weighted by molar-refractivity contribution is 7.89. The van der Waals surface area contributed by atoms with Crippen LogP contribution >= 0.6 is 11.6 Å². The van der Waals surface area contributed by atoms with Crippen molar-refractivity contribution in [1.82, 2.24) is 4.31 Å². The lowest BCUT2D eigenvalue weighted by atomic mass is 10.2. The molecule has 1 amide bonds. The number of benzene rings is 2. The van der Waals surface area contributed by atoms with Crippen LogP contribution in [0.1, 0.15) is 10.4 Å². The minimum atomic E-state index is -3.47. The molecule has 116 valence electrons. The summed E-state index contributed by atoms with van der Waals surface area (Å²) in [7, 11) is -0.545. The number of sulfonamides is 1. The van der Waals surface area contributed by atoms with Gasteiger partial charge in [0.2, 0.25) is 10.0 Å². The molecule has 0 aliphatic heterocycles. The molecule has 0 radical (unpaired) electrons. The monoisotopic (exact) mass is 338 g/mol. The fourth-order valence-electron chi connectivity index (χ4n) is 1.73. The number of amides is 1. The largest absolute Gasteiger partial charge is 0.322 e. The highest BCUT2D eigenvalue weighted by Gasteiger charge is 2.16. The molecule has 0 fully saturated rings. The van der Waals surface area contributed by atoms with Crippen LogP contribution in [0, 0.1) is 0 Å². The van der Waals surface area contributed by atoms with Crippen LogP contribution in [-0.4, -0.2) is 32.7 Å². The molecular weight excluding hydrogens is 324 g/mol. The first-order chi connectivity index (χ1) is 10.3. The summed E-state index contributed by atoms with van der Waals surface area (Å²) in [6, 6.07) is 12.5. The summed E-state index contributed by atoms with van der Waals surface area (Å²) in [5.74, 6) is -0.292. The topological polar surface area (TPSA) is 66.5 Å². The Labute approximate surface area is 134 Å². The van der Waals surface area contributed by atoms with Crippen LogP contribution < -0.4 is 5.32 Å². The van der Waals surface area contributed by atoms with Crippen LogP contribution in [0.4, 0.5) is 5.69 Å². The fourth-order valence-corrected chi connectivity index (χ4v) is 2.75. The Morgan fingerprint density at radius 1 is 1.00 bits per heavy atom. The molecule has 2 rings (SSSR count). The molecule has 2 aromatic rings. The number of hydrogen-bond donors (Lipinski definition) is 1. The molecule has 2 aromatic carbocycles. The van der Waals surface area contributed by atoms with Crippen LogP contribution in [0.5, 0.6) is 0 Å². The highest BCUT2D eigenvalue weighted by Crippen LogP contribution is 2.17. The molecular formula is C15H15ClN2O3S. The molecule has 0 spiro atoms. The van der Waals surface area contributed by atoms with E-state index in [0.29, 0.717) is 16.3 Å². The van der Waals surface area contributed by atoms with Gasteiger partial charge in [0, 0.05) is 30.4 Å². The minimum absolute atomic E-state index is 0.169. The fraction of sp³-hybridized carbons (Fsp3) is 0.133. The molecule has 7 heteroatoms. The van der Waals surface area contributed by atoms with Crippen LogP contribution in [0.2, 0.25) is 5.02 Å². The van der Waals surface area contributed by atoms with Gasteiger partial charge in [-0.2, -0.15) is 0 Å². The molecule has 0 saturated heterocycles. The van der Waals surface area contributed by atoms with E-state index in [1.807, 2.05) is 0 Å². The third kappa shape index (κ3) is 3.65. The van der Waals surface area contributed by atoms with Crippen LogP contribution in [0.25, 0.3) is 0 Å². The van der Waals surface area contributed by atoms with E-state index in [9.17, 15) is 13.2 Å². The van der Waals surface area contributed by atoms with Gasteiger partial charge in [-0.05, 0) is 48.5 Å². The molecule has 1 N–H and O–H groups in total. The maximum absolute atomic E-state index is 12.0. The summed E-state index contributed by atoms with van der Waals surface area (Å²) in [5, 5.41) is 3.25. The molecule has 0 saturated carbocycles. The summed E-state index contributed by atoms with van der Waals surface area (Å²) in [6.07, 6.45) is 0. The maximum atomic E-state index is 12.0. The standard InChI is InChI=1S/C15H15ClN2O3S/c1-18(2)22(20,21)14-9-7-13(8-10-14)17-15(19)11-3-5-12(16)6-4-11/h3-10H,1-2H3,(H,17,19). The summed E-state index contributed by atoms with van der Waals surface area (Å²) >= 11 is 5.77. The van der Waals surface area contributed by atoms with Crippen molar-refractivity contribution >= 4 is 33.2 Å². The molecule has 0 unspecified atom stereocenters. The predicted molar refractivity (Wildman–Crippen MR) is 86.7 cm³/mol. The molecule has 0 heterocycles. The van der Waals surface area contributed by atoms with Gasteiger partial charge in [-0.1, -0.05) is 11.6 Å². The normalized spacial score (nSPS) is 11.5. The summed E-state index contributed by atoms with van der Waals surface area (Å²) in [4.78, 5) is 12.2. The number of halogens is 1. The minimum Gasteiger partial charge on any atom is -0.322 e. The van der Waals surface area contributed by atoms with Crippen molar-refractivity contribution in [2.45, 2.75) is 4.90 Å². The van der Waals surface area contributed by atoms with Gasteiger partial charge in [-0.3, -0.25) is 4.79 Å². The predicted octanol–water partition coefficient (Wildman–Crippen LogP) is 2.84. The van der Waals surface area contributed by atoms with Gasteiger partial charge in [-0.25, -0.2) is 12.7 Å².